The summed E-state index contributed by atoms with van der Waals surface area (Å²) in [5.74, 6) is 4.91. The van der Waals surface area contributed by atoms with E-state index in [0.717, 1.165) is 55.6 Å². The molecular weight excluding hydrogens is 252 g/mol. The zero-order valence-corrected chi connectivity index (χ0v) is 12.2. The van der Waals surface area contributed by atoms with Gasteiger partial charge in [0.15, 0.2) is 0 Å². The lowest BCUT2D eigenvalue weighted by molar-refractivity contribution is 0.336. The Balaban J connectivity index is 1.52. The summed E-state index contributed by atoms with van der Waals surface area (Å²) in [5, 5.41) is 12.0. The molecule has 108 valence electrons. The highest BCUT2D eigenvalue weighted by atomic mass is 16.3. The lowest BCUT2D eigenvalue weighted by Crippen LogP contribution is -2.30. The molecule has 1 unspecified atom stereocenters. The van der Waals surface area contributed by atoms with Gasteiger partial charge in [-0.25, -0.2) is 0 Å². The highest BCUT2D eigenvalue weighted by Crippen LogP contribution is 2.20. The minimum Gasteiger partial charge on any atom is -0.465 e. The van der Waals surface area contributed by atoms with Gasteiger partial charge in [-0.1, -0.05) is 6.92 Å². The normalized spacial score (nSPS) is 18.2. The fourth-order valence-corrected chi connectivity index (χ4v) is 2.86. The van der Waals surface area contributed by atoms with Crippen molar-refractivity contribution >= 4 is 0 Å². The average Bonchev–Trinajstić information content (AvgIpc) is 3.04. The molecule has 3 heterocycles. The van der Waals surface area contributed by atoms with Crippen molar-refractivity contribution in [2.45, 2.75) is 46.2 Å². The van der Waals surface area contributed by atoms with Crippen molar-refractivity contribution in [1.82, 2.24) is 20.1 Å². The van der Waals surface area contributed by atoms with Gasteiger partial charge in [0.1, 0.15) is 23.2 Å². The van der Waals surface area contributed by atoms with Crippen molar-refractivity contribution < 1.29 is 4.42 Å². The molecule has 5 nitrogen and oxygen atoms in total. The molecule has 1 aliphatic rings. The Morgan fingerprint density at radius 1 is 1.40 bits per heavy atom. The molecule has 0 saturated carbocycles. The van der Waals surface area contributed by atoms with Crippen molar-refractivity contribution in [3.63, 3.8) is 0 Å². The van der Waals surface area contributed by atoms with Crippen LogP contribution in [0.4, 0.5) is 0 Å². The first-order valence-corrected chi connectivity index (χ1v) is 7.43. The molecule has 20 heavy (non-hydrogen) atoms. The van der Waals surface area contributed by atoms with Crippen LogP contribution in [0.15, 0.2) is 16.5 Å². The highest BCUT2D eigenvalue weighted by molar-refractivity contribution is 5.05. The third-order valence-corrected chi connectivity index (χ3v) is 3.97. The van der Waals surface area contributed by atoms with Crippen molar-refractivity contribution in [3.8, 4) is 0 Å². The Kier molecular flexibility index (Phi) is 3.87. The third-order valence-electron chi connectivity index (χ3n) is 3.97. The van der Waals surface area contributed by atoms with Crippen molar-refractivity contribution in [2.75, 3.05) is 6.54 Å². The molecule has 0 aromatic carbocycles. The fourth-order valence-electron chi connectivity index (χ4n) is 2.86. The molecule has 2 aromatic rings. The quantitative estimate of drug-likeness (QED) is 0.907. The van der Waals surface area contributed by atoms with E-state index in [1.165, 1.54) is 6.42 Å². The summed E-state index contributed by atoms with van der Waals surface area (Å²) in [6.45, 7) is 6.97. The summed E-state index contributed by atoms with van der Waals surface area (Å²) < 4.78 is 7.86. The van der Waals surface area contributed by atoms with Gasteiger partial charge in [0.05, 0.1) is 6.54 Å². The van der Waals surface area contributed by atoms with Gasteiger partial charge in [-0.2, -0.15) is 0 Å². The molecule has 3 rings (SSSR count). The van der Waals surface area contributed by atoms with E-state index in [4.69, 9.17) is 4.42 Å². The minimum atomic E-state index is 0.653. The number of rotatable bonds is 5. The molecule has 1 aliphatic heterocycles. The van der Waals surface area contributed by atoms with E-state index >= 15 is 0 Å². The second kappa shape index (κ2) is 5.79. The topological polar surface area (TPSA) is 55.9 Å². The van der Waals surface area contributed by atoms with Gasteiger partial charge in [0.25, 0.3) is 0 Å². The highest BCUT2D eigenvalue weighted by Gasteiger charge is 2.21. The summed E-state index contributed by atoms with van der Waals surface area (Å²) in [6, 6.07) is 4.05. The van der Waals surface area contributed by atoms with E-state index < -0.39 is 0 Å². The molecule has 0 bridgehead atoms. The number of nitrogens with zero attached hydrogens (tertiary/aromatic N) is 3. The predicted molar refractivity (Wildman–Crippen MR) is 76.4 cm³/mol. The first-order valence-electron chi connectivity index (χ1n) is 7.43. The van der Waals surface area contributed by atoms with E-state index in [9.17, 15) is 0 Å². The maximum Gasteiger partial charge on any atom is 0.133 e. The zero-order valence-electron chi connectivity index (χ0n) is 12.2. The average molecular weight is 274 g/mol. The largest absolute Gasteiger partial charge is 0.465 e. The smallest absolute Gasteiger partial charge is 0.133 e. The van der Waals surface area contributed by atoms with Gasteiger partial charge in [-0.3, -0.25) is 0 Å². The van der Waals surface area contributed by atoms with Crippen LogP contribution in [0.3, 0.4) is 0 Å². The van der Waals surface area contributed by atoms with Crippen LogP contribution in [0, 0.1) is 12.8 Å². The van der Waals surface area contributed by atoms with E-state index in [-0.39, 0.29) is 0 Å². The number of hydrogen-bond donors (Lipinski definition) is 1. The van der Waals surface area contributed by atoms with Crippen molar-refractivity contribution in [2.24, 2.45) is 5.92 Å². The van der Waals surface area contributed by atoms with Gasteiger partial charge in [0, 0.05) is 25.9 Å². The number of fused-ring (bicyclic) bond motifs is 1. The Hall–Kier alpha value is -1.62. The maximum absolute atomic E-state index is 5.57. The van der Waals surface area contributed by atoms with E-state index in [2.05, 4.69) is 27.0 Å². The lowest BCUT2D eigenvalue weighted by Gasteiger charge is -2.24. The summed E-state index contributed by atoms with van der Waals surface area (Å²) >= 11 is 0. The standard InChI is InChI=1S/C15H22N4O/c1-3-14-17-18-15-7-5-12(10-19(14)15)8-16-9-13-6-4-11(2)20-13/h4,6,12,16H,3,5,7-10H2,1-2H3. The number of aryl methyl sites for hydroxylation is 3. The maximum atomic E-state index is 5.57. The van der Waals surface area contributed by atoms with Gasteiger partial charge < -0.3 is 14.3 Å². The monoisotopic (exact) mass is 274 g/mol. The second-order valence-corrected chi connectivity index (χ2v) is 5.54. The SMILES string of the molecule is CCc1nnc2n1CC(CNCc1ccc(C)o1)CC2. The zero-order chi connectivity index (χ0) is 13.9. The Morgan fingerprint density at radius 2 is 2.30 bits per heavy atom. The van der Waals surface area contributed by atoms with Crippen molar-refractivity contribution in [1.29, 1.82) is 0 Å². The Bertz CT molecular complexity index is 559. The lowest BCUT2D eigenvalue weighted by atomic mass is 9.99. The third kappa shape index (κ3) is 2.77. The summed E-state index contributed by atoms with van der Waals surface area (Å²) in [5.41, 5.74) is 0. The van der Waals surface area contributed by atoms with Crippen LogP contribution in [0.1, 0.15) is 36.5 Å². The molecular formula is C15H22N4O. The Morgan fingerprint density at radius 3 is 3.05 bits per heavy atom. The summed E-state index contributed by atoms with van der Waals surface area (Å²) in [7, 11) is 0. The van der Waals surface area contributed by atoms with E-state index in [1.54, 1.807) is 0 Å². The van der Waals surface area contributed by atoms with Gasteiger partial charge in [-0.05, 0) is 31.4 Å². The summed E-state index contributed by atoms with van der Waals surface area (Å²) in [4.78, 5) is 0. The van der Waals surface area contributed by atoms with Gasteiger partial charge >= 0.3 is 0 Å². The predicted octanol–water partition coefficient (Wildman–Crippen LogP) is 2.09. The molecule has 0 spiro atoms. The number of nitrogens with one attached hydrogen (secondary N) is 1. The minimum absolute atomic E-state index is 0.653. The van der Waals surface area contributed by atoms with Crippen LogP contribution in [-0.2, 0) is 25.9 Å². The molecule has 0 amide bonds. The van der Waals surface area contributed by atoms with E-state index in [0.29, 0.717) is 5.92 Å². The van der Waals surface area contributed by atoms with Crippen LogP contribution in [-0.4, -0.2) is 21.3 Å². The number of aromatic nitrogens is 3. The molecule has 1 atom stereocenters. The number of furan rings is 1. The van der Waals surface area contributed by atoms with E-state index in [1.807, 2.05) is 19.1 Å². The molecule has 0 aliphatic carbocycles. The van der Waals surface area contributed by atoms with Gasteiger partial charge in [-0.15, -0.1) is 10.2 Å². The number of hydrogen-bond acceptors (Lipinski definition) is 4. The molecule has 5 heteroatoms. The molecule has 2 aromatic heterocycles. The Labute approximate surface area is 119 Å². The fraction of sp³-hybridized carbons (Fsp3) is 0.600. The van der Waals surface area contributed by atoms with Crippen LogP contribution < -0.4 is 5.32 Å². The first-order chi connectivity index (χ1) is 9.76. The van der Waals surface area contributed by atoms with Crippen LogP contribution in [0.5, 0.6) is 0 Å². The van der Waals surface area contributed by atoms with Gasteiger partial charge in [0.2, 0.25) is 0 Å². The first kappa shape index (κ1) is 13.4. The second-order valence-electron chi connectivity index (χ2n) is 5.54. The van der Waals surface area contributed by atoms with Crippen molar-refractivity contribution in [3.05, 3.63) is 35.3 Å². The van der Waals surface area contributed by atoms with Crippen LogP contribution in [0.25, 0.3) is 0 Å². The molecule has 0 saturated heterocycles. The molecule has 0 radical (unpaired) electrons. The van der Waals surface area contributed by atoms with Crippen LogP contribution >= 0.6 is 0 Å². The molecule has 0 fully saturated rings. The summed E-state index contributed by atoms with van der Waals surface area (Å²) in [6.07, 6.45) is 3.18. The molecule has 1 N–H and O–H groups in total. The van der Waals surface area contributed by atoms with Crippen LogP contribution in [0.2, 0.25) is 0 Å².